The highest BCUT2D eigenvalue weighted by Gasteiger charge is 2.28. The van der Waals surface area contributed by atoms with Gasteiger partial charge in [0.1, 0.15) is 0 Å². The van der Waals surface area contributed by atoms with E-state index in [9.17, 15) is 4.79 Å². The molecule has 0 radical (unpaired) electrons. The van der Waals surface area contributed by atoms with Crippen molar-refractivity contribution in [3.8, 4) is 0 Å². The first-order valence-electron chi connectivity index (χ1n) is 11.3. The van der Waals surface area contributed by atoms with Crippen molar-refractivity contribution >= 4 is 11.7 Å². The largest absolute Gasteiger partial charge is 0.481 e. The van der Waals surface area contributed by atoms with E-state index in [2.05, 4.69) is 71.9 Å². The third-order valence-electron chi connectivity index (χ3n) is 6.40. The fraction of sp³-hybridized carbons (Fsp3) is 0.333. The predicted molar refractivity (Wildman–Crippen MR) is 128 cm³/mol. The summed E-state index contributed by atoms with van der Waals surface area (Å²) in [6.45, 7) is 6.01. The maximum Gasteiger partial charge on any atom is 0.307 e. The van der Waals surface area contributed by atoms with Crippen molar-refractivity contribution < 1.29 is 9.90 Å². The third-order valence-corrected chi connectivity index (χ3v) is 6.40. The lowest BCUT2D eigenvalue weighted by atomic mass is 9.85. The van der Waals surface area contributed by atoms with E-state index in [-0.39, 0.29) is 18.4 Å². The summed E-state index contributed by atoms with van der Waals surface area (Å²) >= 11 is 0. The Kier molecular flexibility index (Phi) is 6.86. The summed E-state index contributed by atoms with van der Waals surface area (Å²) in [6, 6.07) is 20.9. The van der Waals surface area contributed by atoms with E-state index in [0.29, 0.717) is 5.92 Å². The standard InChI is InChI=1S/C27H31N3O2/c1-18-10-11-20(14-26(31)32)13-23(18)19(2)16-30-27(21-7-4-3-5-8-21)22-15-25-24(29-17-22)9-6-12-28-25/h3-13,19,22,27,29-30H,14-17H2,1-2H3,(H,31,32)/t19-,22-,27-/m1/s1. The van der Waals surface area contributed by atoms with Crippen LogP contribution in [0.3, 0.4) is 0 Å². The highest BCUT2D eigenvalue weighted by molar-refractivity contribution is 5.70. The van der Waals surface area contributed by atoms with Crippen molar-refractivity contribution in [1.82, 2.24) is 10.3 Å². The number of aliphatic carboxylic acids is 1. The monoisotopic (exact) mass is 429 g/mol. The average Bonchev–Trinajstić information content (AvgIpc) is 2.80. The number of carbonyl (C=O) groups is 1. The van der Waals surface area contributed by atoms with Gasteiger partial charge < -0.3 is 15.7 Å². The summed E-state index contributed by atoms with van der Waals surface area (Å²) in [5.41, 5.74) is 6.79. The summed E-state index contributed by atoms with van der Waals surface area (Å²) in [6.07, 6.45) is 2.85. The number of carboxylic acids is 1. The van der Waals surface area contributed by atoms with Crippen molar-refractivity contribution in [1.29, 1.82) is 0 Å². The van der Waals surface area contributed by atoms with E-state index in [1.807, 2.05) is 24.4 Å². The molecule has 0 amide bonds. The molecule has 3 N–H and O–H groups in total. The number of carboxylic acid groups (broad SMARTS) is 1. The molecule has 1 aromatic heterocycles. The number of aromatic nitrogens is 1. The zero-order valence-electron chi connectivity index (χ0n) is 18.7. The molecule has 2 heterocycles. The minimum Gasteiger partial charge on any atom is -0.481 e. The van der Waals surface area contributed by atoms with Crippen LogP contribution in [0.15, 0.2) is 66.9 Å². The van der Waals surface area contributed by atoms with Gasteiger partial charge in [-0.15, -0.1) is 0 Å². The number of hydrogen-bond acceptors (Lipinski definition) is 4. The molecule has 3 aromatic rings. The van der Waals surface area contributed by atoms with Crippen LogP contribution in [0.25, 0.3) is 0 Å². The van der Waals surface area contributed by atoms with Crippen molar-refractivity contribution in [3.05, 3.63) is 94.8 Å². The Morgan fingerprint density at radius 2 is 2.00 bits per heavy atom. The van der Waals surface area contributed by atoms with Crippen LogP contribution < -0.4 is 10.6 Å². The van der Waals surface area contributed by atoms with Gasteiger partial charge in [-0.2, -0.15) is 0 Å². The number of hydrogen-bond donors (Lipinski definition) is 3. The number of aryl methyl sites for hydroxylation is 1. The van der Waals surface area contributed by atoms with Crippen LogP contribution in [0, 0.1) is 12.8 Å². The lowest BCUT2D eigenvalue weighted by molar-refractivity contribution is -0.136. The van der Waals surface area contributed by atoms with Crippen LogP contribution in [0.5, 0.6) is 0 Å². The Morgan fingerprint density at radius 1 is 1.19 bits per heavy atom. The van der Waals surface area contributed by atoms with Crippen LogP contribution in [-0.2, 0) is 17.6 Å². The Morgan fingerprint density at radius 3 is 2.78 bits per heavy atom. The molecule has 3 atom stereocenters. The fourth-order valence-corrected chi connectivity index (χ4v) is 4.70. The summed E-state index contributed by atoms with van der Waals surface area (Å²) < 4.78 is 0. The van der Waals surface area contributed by atoms with Gasteiger partial charge in [-0.25, -0.2) is 0 Å². The van der Waals surface area contributed by atoms with Gasteiger partial charge in [-0.1, -0.05) is 55.5 Å². The molecule has 0 saturated heterocycles. The van der Waals surface area contributed by atoms with E-state index in [4.69, 9.17) is 5.11 Å². The van der Waals surface area contributed by atoms with Gasteiger partial charge in [-0.05, 0) is 53.6 Å². The molecule has 1 aliphatic rings. The highest BCUT2D eigenvalue weighted by Crippen LogP contribution is 2.32. The number of nitrogens with zero attached hydrogens (tertiary/aromatic N) is 1. The summed E-state index contributed by atoms with van der Waals surface area (Å²) in [5.74, 6) is -0.156. The number of pyridine rings is 1. The minimum absolute atomic E-state index is 0.0558. The Balaban J connectivity index is 1.52. The summed E-state index contributed by atoms with van der Waals surface area (Å²) in [7, 11) is 0. The van der Waals surface area contributed by atoms with Crippen LogP contribution in [0.4, 0.5) is 5.69 Å². The van der Waals surface area contributed by atoms with Gasteiger partial charge in [0, 0.05) is 31.2 Å². The molecule has 0 bridgehead atoms. The molecule has 5 heteroatoms. The van der Waals surface area contributed by atoms with Gasteiger partial charge in [0.05, 0.1) is 17.8 Å². The van der Waals surface area contributed by atoms with Crippen molar-refractivity contribution in [2.45, 2.75) is 38.6 Å². The molecule has 0 unspecified atom stereocenters. The molecular formula is C27H31N3O2. The maximum absolute atomic E-state index is 11.1. The molecule has 1 aliphatic heterocycles. The van der Waals surface area contributed by atoms with Gasteiger partial charge in [0.15, 0.2) is 0 Å². The highest BCUT2D eigenvalue weighted by atomic mass is 16.4. The number of anilines is 1. The van der Waals surface area contributed by atoms with Gasteiger partial charge >= 0.3 is 5.97 Å². The molecule has 0 fully saturated rings. The number of fused-ring (bicyclic) bond motifs is 1. The lowest BCUT2D eigenvalue weighted by Gasteiger charge is -2.33. The zero-order chi connectivity index (χ0) is 22.5. The van der Waals surface area contributed by atoms with Gasteiger partial charge in [0.2, 0.25) is 0 Å². The quantitative estimate of drug-likeness (QED) is 0.482. The second-order valence-corrected chi connectivity index (χ2v) is 8.80. The second kappa shape index (κ2) is 9.96. The normalized spacial score (nSPS) is 17.1. The van der Waals surface area contributed by atoms with Gasteiger partial charge in [0.25, 0.3) is 0 Å². The molecule has 0 aliphatic carbocycles. The first-order chi connectivity index (χ1) is 15.5. The van der Waals surface area contributed by atoms with E-state index in [0.717, 1.165) is 36.5 Å². The molecule has 32 heavy (non-hydrogen) atoms. The molecule has 4 rings (SSSR count). The number of nitrogens with one attached hydrogen (secondary N) is 2. The number of rotatable bonds is 8. The lowest BCUT2D eigenvalue weighted by Crippen LogP contribution is -2.37. The minimum atomic E-state index is -0.798. The Bertz CT molecular complexity index is 1070. The SMILES string of the molecule is Cc1ccc(CC(=O)O)cc1[C@H](C)CN[C@H](c1ccccc1)[C@H]1CNc2cccnc2C1. The first kappa shape index (κ1) is 22.0. The topological polar surface area (TPSA) is 74.2 Å². The second-order valence-electron chi connectivity index (χ2n) is 8.80. The summed E-state index contributed by atoms with van der Waals surface area (Å²) in [4.78, 5) is 15.7. The Hall–Kier alpha value is -3.18. The summed E-state index contributed by atoms with van der Waals surface area (Å²) in [5, 5.41) is 16.6. The third kappa shape index (κ3) is 5.17. The van der Waals surface area contributed by atoms with E-state index in [1.165, 1.54) is 16.7 Å². The average molecular weight is 430 g/mol. The van der Waals surface area contributed by atoms with Gasteiger partial charge in [-0.3, -0.25) is 9.78 Å². The molecule has 5 nitrogen and oxygen atoms in total. The van der Waals surface area contributed by atoms with Crippen molar-refractivity contribution in [2.75, 3.05) is 18.4 Å². The molecule has 0 spiro atoms. The maximum atomic E-state index is 11.1. The van der Waals surface area contributed by atoms with Crippen molar-refractivity contribution in [3.63, 3.8) is 0 Å². The predicted octanol–water partition coefficient (Wildman–Crippen LogP) is 4.74. The molecule has 0 saturated carbocycles. The van der Waals surface area contributed by atoms with E-state index >= 15 is 0 Å². The molecule has 2 aromatic carbocycles. The smallest absolute Gasteiger partial charge is 0.307 e. The van der Waals surface area contributed by atoms with Crippen molar-refractivity contribution in [2.24, 2.45) is 5.92 Å². The van der Waals surface area contributed by atoms with E-state index < -0.39 is 5.97 Å². The number of benzene rings is 2. The van der Waals surface area contributed by atoms with Crippen LogP contribution in [-0.4, -0.2) is 29.1 Å². The first-order valence-corrected chi connectivity index (χ1v) is 11.3. The van der Waals surface area contributed by atoms with Crippen LogP contribution >= 0.6 is 0 Å². The molecular weight excluding hydrogens is 398 g/mol. The fourth-order valence-electron chi connectivity index (χ4n) is 4.70. The zero-order valence-corrected chi connectivity index (χ0v) is 18.7. The van der Waals surface area contributed by atoms with E-state index in [1.54, 1.807) is 0 Å². The van der Waals surface area contributed by atoms with Crippen LogP contribution in [0.1, 0.15) is 46.8 Å². The molecule has 166 valence electrons. The Labute approximate surface area is 189 Å². The van der Waals surface area contributed by atoms with Crippen LogP contribution in [0.2, 0.25) is 0 Å².